The summed E-state index contributed by atoms with van der Waals surface area (Å²) in [6, 6.07) is 0.639. The lowest BCUT2D eigenvalue weighted by molar-refractivity contribution is -0.140. The molecule has 390 valence electrons. The van der Waals surface area contributed by atoms with E-state index in [2.05, 4.69) is 0 Å². The van der Waals surface area contributed by atoms with E-state index < -0.39 is 70.4 Å². The number of carbonyl (C=O) groups excluding carboxylic acids is 1. The maximum Gasteiger partial charge on any atom is 0.482 e. The van der Waals surface area contributed by atoms with Crippen LogP contribution in [0.3, 0.4) is 0 Å². The van der Waals surface area contributed by atoms with E-state index in [0.717, 1.165) is 231 Å². The molecule has 0 aromatic rings. The van der Waals surface area contributed by atoms with Crippen LogP contribution in [0.15, 0.2) is 0 Å². The summed E-state index contributed by atoms with van der Waals surface area (Å²) < 4.78 is 107. The lowest BCUT2D eigenvalue weighted by Crippen LogP contribution is -2.90. The Morgan fingerprint density at radius 3 is 0.754 bits per heavy atom. The van der Waals surface area contributed by atoms with Crippen LogP contribution in [0.25, 0.3) is 0 Å². The number of hydrogen-bond donors (Lipinski definition) is 0. The predicted octanol–water partition coefficient (Wildman–Crippen LogP) is 13.1. The van der Waals surface area contributed by atoms with Crippen molar-refractivity contribution in [3.05, 3.63) is 0 Å². The molecule has 14 nitrogen and oxygen atoms in total. The molecular formula is C47H86O14Si8. The zero-order valence-electron chi connectivity index (χ0n) is 42.1. The first-order valence-corrected chi connectivity index (χ1v) is 43.7. The molecule has 0 amide bonds. The highest BCUT2D eigenvalue weighted by Gasteiger charge is 2.88. The third-order valence-electron chi connectivity index (χ3n) is 19.3. The molecule has 13 rings (SSSR count). The van der Waals surface area contributed by atoms with Gasteiger partial charge in [0.25, 0.3) is 0 Å². The zero-order valence-corrected chi connectivity index (χ0v) is 50.1. The van der Waals surface area contributed by atoms with E-state index in [1.165, 1.54) is 7.11 Å². The summed E-state index contributed by atoms with van der Waals surface area (Å²) in [4.78, 5) is 11.7. The lowest BCUT2D eigenvalue weighted by Gasteiger charge is -2.66. The van der Waals surface area contributed by atoms with E-state index in [9.17, 15) is 4.79 Å². The number of unbranched alkanes of at least 4 members (excludes halogenated alkanes) is 7. The number of methoxy groups -OCH3 is 1. The Kier molecular flexibility index (Phi) is 15.1. The third kappa shape index (κ3) is 9.47. The van der Waals surface area contributed by atoms with Gasteiger partial charge >= 0.3 is 76.4 Å². The van der Waals surface area contributed by atoms with Gasteiger partial charge < -0.3 is 54.1 Å². The summed E-state index contributed by atoms with van der Waals surface area (Å²) in [7, 11) is -29.9. The number of ether oxygens (including phenoxy) is 1. The van der Waals surface area contributed by atoms with E-state index in [-0.39, 0.29) is 44.8 Å². The molecule has 0 atom stereocenters. The number of hydrogen-bond acceptors (Lipinski definition) is 14. The van der Waals surface area contributed by atoms with Crippen LogP contribution >= 0.6 is 0 Å². The van der Waals surface area contributed by atoms with Gasteiger partial charge in [-0.15, -0.1) is 0 Å². The highest BCUT2D eigenvalue weighted by atomic mass is 28.6. The molecule has 8 bridgehead atoms. The van der Waals surface area contributed by atoms with Crippen LogP contribution < -0.4 is 0 Å². The quantitative estimate of drug-likeness (QED) is 0.0731. The molecule has 0 N–H and O–H groups in total. The Labute approximate surface area is 422 Å². The second kappa shape index (κ2) is 20.6. The van der Waals surface area contributed by atoms with Crippen LogP contribution in [0.2, 0.25) is 44.8 Å². The SMILES string of the molecule is COC(=O)CCCCCCCCCC[Si]12O[Si]3(C4CCCC4)O[Si]4(C5CCCC5)O[Si](C5CCCC5)(O1)O[Si]1(C5CCCC5)O[Si](C5CCCC5)(O2)O[Si](C2CCCC2)(O3)O[Si](C2CCCC2)(O4)O1. The molecule has 69 heavy (non-hydrogen) atoms. The van der Waals surface area contributed by atoms with Crippen LogP contribution in [-0.4, -0.2) is 83.5 Å². The first kappa shape index (κ1) is 50.5. The Morgan fingerprint density at radius 1 is 0.319 bits per heavy atom. The second-order valence-electron chi connectivity index (χ2n) is 23.9. The predicted molar refractivity (Wildman–Crippen MR) is 273 cm³/mol. The van der Waals surface area contributed by atoms with Gasteiger partial charge in [0.05, 0.1) is 7.11 Å². The van der Waals surface area contributed by atoms with Crippen LogP contribution in [0.4, 0.5) is 0 Å². The molecule has 0 aromatic carbocycles. The first-order chi connectivity index (χ1) is 33.7. The summed E-state index contributed by atoms with van der Waals surface area (Å²) >= 11 is 0. The average molecular weight is 1100 g/mol. The van der Waals surface area contributed by atoms with Gasteiger partial charge in [0.1, 0.15) is 0 Å². The van der Waals surface area contributed by atoms with E-state index >= 15 is 0 Å². The van der Waals surface area contributed by atoms with Gasteiger partial charge in [-0.05, 0) is 103 Å². The summed E-state index contributed by atoms with van der Waals surface area (Å²) in [5, 5.41) is 0. The fourth-order valence-corrected chi connectivity index (χ4v) is 71.8. The van der Waals surface area contributed by atoms with Crippen molar-refractivity contribution in [1.82, 2.24) is 0 Å². The topological polar surface area (TPSA) is 137 Å². The standard InChI is InChI=1S/C47H86O14Si8/c1-49-47(48)38-8-6-4-2-3-5-7-23-39-62-50-63(40-24-9-10-25-40)53-66(43-30-15-16-31-43)55-64(51-62,41-26-11-12-27-41)57-68(45-34-19-20-35-45)58-65(52-62,42-28-13-14-29-42)56-67(54-63,44-32-17-18-33-44)60-69(59-66,61-68)46-36-21-22-37-46/h40-46H,2-39H2,1H3. The van der Waals surface area contributed by atoms with Crippen molar-refractivity contribution in [3.8, 4) is 0 Å². The van der Waals surface area contributed by atoms with E-state index in [1.54, 1.807) is 0 Å². The fraction of sp³-hybridized carbons (Fsp3) is 0.979. The van der Waals surface area contributed by atoms with Crippen molar-refractivity contribution in [2.75, 3.05) is 7.11 Å². The van der Waals surface area contributed by atoms with Crippen molar-refractivity contribution >= 4 is 76.4 Å². The molecule has 0 aromatic heterocycles. The molecule has 7 aliphatic carbocycles. The highest BCUT2D eigenvalue weighted by molar-refractivity contribution is 7.04. The summed E-state index contributed by atoms with van der Waals surface area (Å²) in [6.07, 6.45) is 38.3. The molecule has 13 fully saturated rings. The summed E-state index contributed by atoms with van der Waals surface area (Å²) in [5.74, 6) is -0.110. The van der Waals surface area contributed by atoms with Gasteiger partial charge in [-0.25, -0.2) is 0 Å². The van der Waals surface area contributed by atoms with Crippen molar-refractivity contribution in [1.29, 1.82) is 0 Å². The minimum atomic E-state index is -3.93. The molecule has 13 aliphatic rings. The van der Waals surface area contributed by atoms with E-state index in [0.29, 0.717) is 12.5 Å². The van der Waals surface area contributed by atoms with Crippen LogP contribution in [-0.2, 0) is 58.9 Å². The van der Waals surface area contributed by atoms with Crippen LogP contribution in [0.5, 0.6) is 0 Å². The third-order valence-corrected chi connectivity index (χ3v) is 58.9. The molecule has 0 radical (unpaired) electrons. The number of rotatable bonds is 18. The Bertz CT molecular complexity index is 1600. The van der Waals surface area contributed by atoms with Gasteiger partial charge in [-0.3, -0.25) is 4.79 Å². The molecule has 0 spiro atoms. The lowest BCUT2D eigenvalue weighted by atomic mass is 10.1. The maximum absolute atomic E-state index is 11.7. The molecule has 6 saturated heterocycles. The van der Waals surface area contributed by atoms with E-state index in [4.69, 9.17) is 54.1 Å². The van der Waals surface area contributed by atoms with Gasteiger partial charge in [-0.1, -0.05) is 128 Å². The Hall–Kier alpha value is 0.725. The highest BCUT2D eigenvalue weighted by Crippen LogP contribution is 2.66. The molecular weight excluding hydrogens is 1010 g/mol. The molecule has 0 unspecified atom stereocenters. The molecule has 22 heteroatoms. The maximum atomic E-state index is 11.7. The summed E-state index contributed by atoms with van der Waals surface area (Å²) in [5.41, 5.74) is 0.432. The second-order valence-corrected chi connectivity index (χ2v) is 49.7. The van der Waals surface area contributed by atoms with Gasteiger partial charge in [0.15, 0.2) is 0 Å². The zero-order chi connectivity index (χ0) is 46.7. The first-order valence-electron chi connectivity index (χ1n) is 29.2. The van der Waals surface area contributed by atoms with Gasteiger partial charge in [0.2, 0.25) is 0 Å². The van der Waals surface area contributed by atoms with Crippen molar-refractivity contribution in [2.24, 2.45) is 0 Å². The summed E-state index contributed by atoms with van der Waals surface area (Å²) in [6.45, 7) is 0. The fourth-order valence-electron chi connectivity index (χ4n) is 15.6. The van der Waals surface area contributed by atoms with Crippen LogP contribution in [0, 0.1) is 0 Å². The largest absolute Gasteiger partial charge is 0.482 e. The smallest absolute Gasteiger partial charge is 0.469 e. The molecule has 7 saturated carbocycles. The Morgan fingerprint density at radius 2 is 0.522 bits per heavy atom. The minimum Gasteiger partial charge on any atom is -0.469 e. The number of esters is 1. The van der Waals surface area contributed by atoms with Crippen LogP contribution in [0.1, 0.15) is 238 Å². The Balaban J connectivity index is 1.03. The van der Waals surface area contributed by atoms with Gasteiger partial charge in [-0.2, -0.15) is 0 Å². The monoisotopic (exact) mass is 1100 g/mol. The van der Waals surface area contributed by atoms with Crippen molar-refractivity contribution < 1.29 is 58.9 Å². The van der Waals surface area contributed by atoms with Gasteiger partial charge in [0, 0.05) is 51.3 Å². The number of carbonyl (C=O) groups is 1. The molecule has 6 heterocycles. The minimum absolute atomic E-state index is 0.0549. The normalized spacial score (nSPS) is 43.8. The van der Waals surface area contributed by atoms with Crippen molar-refractivity contribution in [2.45, 2.75) is 282 Å². The molecule has 6 aliphatic heterocycles. The van der Waals surface area contributed by atoms with Crippen molar-refractivity contribution in [3.63, 3.8) is 0 Å². The van der Waals surface area contributed by atoms with E-state index in [1.807, 2.05) is 0 Å². The average Bonchev–Trinajstić information content (AvgIpc) is 4.18.